The third-order valence-corrected chi connectivity index (χ3v) is 4.58. The van der Waals surface area contributed by atoms with Gasteiger partial charge in [0.15, 0.2) is 0 Å². The third kappa shape index (κ3) is 3.44. The summed E-state index contributed by atoms with van der Waals surface area (Å²) < 4.78 is 7.37. The Balaban J connectivity index is 1.51. The van der Waals surface area contributed by atoms with Crippen molar-refractivity contribution >= 4 is 5.91 Å². The number of aryl methyl sites for hydroxylation is 1. The van der Waals surface area contributed by atoms with Gasteiger partial charge in [-0.3, -0.25) is 9.69 Å². The Hall–Kier alpha value is -1.40. The first-order valence-electron chi connectivity index (χ1n) is 7.79. The standard InChI is InChI=1S/C15H24N4O2/c1-13-10-19(11-14(13)18-6-8-21-9-7-18)15(20)2-4-17-5-3-16-12-17/h3,5,12-14H,2,4,6-11H2,1H3/t13-,14-/m1/s1. The van der Waals surface area contributed by atoms with Gasteiger partial charge >= 0.3 is 0 Å². The number of likely N-dealkylation sites (tertiary alicyclic amines) is 1. The first-order valence-corrected chi connectivity index (χ1v) is 7.79. The summed E-state index contributed by atoms with van der Waals surface area (Å²) in [6.07, 6.45) is 5.96. The Morgan fingerprint density at radius 3 is 2.86 bits per heavy atom. The van der Waals surface area contributed by atoms with Gasteiger partial charge in [0.05, 0.1) is 19.5 Å². The van der Waals surface area contributed by atoms with Crippen LogP contribution in [-0.2, 0) is 16.1 Å². The summed E-state index contributed by atoms with van der Waals surface area (Å²) in [6, 6.07) is 0.492. The molecule has 2 atom stereocenters. The summed E-state index contributed by atoms with van der Waals surface area (Å²) in [5.41, 5.74) is 0. The Labute approximate surface area is 125 Å². The molecule has 0 unspecified atom stereocenters. The van der Waals surface area contributed by atoms with Gasteiger partial charge in [0.2, 0.25) is 5.91 Å². The lowest BCUT2D eigenvalue weighted by Crippen LogP contribution is -2.47. The molecule has 0 saturated carbocycles. The molecule has 0 bridgehead atoms. The normalized spacial score (nSPS) is 27.2. The number of imidazole rings is 1. The molecule has 6 heteroatoms. The number of ether oxygens (including phenoxy) is 1. The van der Waals surface area contributed by atoms with Crippen molar-refractivity contribution in [1.82, 2.24) is 19.4 Å². The number of amides is 1. The SMILES string of the molecule is C[C@@H]1CN(C(=O)CCn2ccnc2)C[C@H]1N1CCOCC1. The van der Waals surface area contributed by atoms with Crippen molar-refractivity contribution < 1.29 is 9.53 Å². The maximum Gasteiger partial charge on any atom is 0.224 e. The number of morpholine rings is 1. The van der Waals surface area contributed by atoms with E-state index in [2.05, 4.69) is 16.8 Å². The highest BCUT2D eigenvalue weighted by atomic mass is 16.5. The van der Waals surface area contributed by atoms with Crippen LogP contribution in [-0.4, -0.2) is 70.7 Å². The van der Waals surface area contributed by atoms with Crippen LogP contribution in [0.25, 0.3) is 0 Å². The largest absolute Gasteiger partial charge is 0.379 e. The molecule has 6 nitrogen and oxygen atoms in total. The average molecular weight is 292 g/mol. The maximum atomic E-state index is 12.4. The summed E-state index contributed by atoms with van der Waals surface area (Å²) in [6.45, 7) is 8.33. The molecule has 2 saturated heterocycles. The predicted octanol–water partition coefficient (Wildman–Crippen LogP) is 0.452. The van der Waals surface area contributed by atoms with E-state index >= 15 is 0 Å². The highest BCUT2D eigenvalue weighted by Gasteiger charge is 2.36. The quantitative estimate of drug-likeness (QED) is 0.808. The second-order valence-electron chi connectivity index (χ2n) is 6.04. The van der Waals surface area contributed by atoms with Gasteiger partial charge in [-0.25, -0.2) is 4.98 Å². The van der Waals surface area contributed by atoms with Crippen molar-refractivity contribution in [1.29, 1.82) is 0 Å². The van der Waals surface area contributed by atoms with Crippen LogP contribution in [0.1, 0.15) is 13.3 Å². The Kier molecular flexibility index (Phi) is 4.55. The zero-order valence-electron chi connectivity index (χ0n) is 12.6. The molecule has 2 aliphatic heterocycles. The number of nitrogens with zero attached hydrogens (tertiary/aromatic N) is 4. The van der Waals surface area contributed by atoms with Crippen LogP contribution < -0.4 is 0 Å². The fourth-order valence-electron chi connectivity index (χ4n) is 3.34. The van der Waals surface area contributed by atoms with Crippen molar-refractivity contribution in [3.63, 3.8) is 0 Å². The number of carbonyl (C=O) groups excluding carboxylic acids is 1. The van der Waals surface area contributed by atoms with Crippen molar-refractivity contribution in [2.75, 3.05) is 39.4 Å². The van der Waals surface area contributed by atoms with E-state index < -0.39 is 0 Å². The monoisotopic (exact) mass is 292 g/mol. The molecule has 3 heterocycles. The van der Waals surface area contributed by atoms with Crippen LogP contribution in [0.2, 0.25) is 0 Å². The van der Waals surface area contributed by atoms with Gasteiger partial charge in [0.1, 0.15) is 0 Å². The zero-order chi connectivity index (χ0) is 14.7. The van der Waals surface area contributed by atoms with Crippen LogP contribution in [0.5, 0.6) is 0 Å². The highest BCUT2D eigenvalue weighted by molar-refractivity contribution is 5.76. The first kappa shape index (κ1) is 14.5. The lowest BCUT2D eigenvalue weighted by atomic mass is 10.0. The maximum absolute atomic E-state index is 12.4. The molecule has 1 aromatic heterocycles. The molecule has 0 spiro atoms. The molecule has 21 heavy (non-hydrogen) atoms. The van der Waals surface area contributed by atoms with Crippen molar-refractivity contribution in [3.8, 4) is 0 Å². The molecule has 1 amide bonds. The third-order valence-electron chi connectivity index (χ3n) is 4.58. The van der Waals surface area contributed by atoms with Crippen molar-refractivity contribution in [2.24, 2.45) is 5.92 Å². The fraction of sp³-hybridized carbons (Fsp3) is 0.733. The van der Waals surface area contributed by atoms with Crippen molar-refractivity contribution in [3.05, 3.63) is 18.7 Å². The van der Waals surface area contributed by atoms with Gasteiger partial charge in [-0.1, -0.05) is 6.92 Å². The molecule has 0 aliphatic carbocycles. The summed E-state index contributed by atoms with van der Waals surface area (Å²) in [5, 5.41) is 0. The zero-order valence-corrected chi connectivity index (χ0v) is 12.6. The number of rotatable bonds is 4. The van der Waals surface area contributed by atoms with E-state index in [9.17, 15) is 4.79 Å². The predicted molar refractivity (Wildman–Crippen MR) is 78.8 cm³/mol. The fourth-order valence-corrected chi connectivity index (χ4v) is 3.34. The van der Waals surface area contributed by atoms with E-state index in [1.165, 1.54) is 0 Å². The van der Waals surface area contributed by atoms with Gasteiger partial charge in [-0.05, 0) is 5.92 Å². The Morgan fingerprint density at radius 2 is 2.14 bits per heavy atom. The van der Waals surface area contributed by atoms with Gasteiger partial charge in [0, 0.05) is 57.6 Å². The van der Waals surface area contributed by atoms with Crippen LogP contribution in [0.4, 0.5) is 0 Å². The van der Waals surface area contributed by atoms with E-state index in [1.807, 2.05) is 15.7 Å². The van der Waals surface area contributed by atoms with E-state index in [4.69, 9.17) is 4.74 Å². The molecule has 1 aromatic rings. The van der Waals surface area contributed by atoms with Gasteiger partial charge in [-0.2, -0.15) is 0 Å². The van der Waals surface area contributed by atoms with Gasteiger partial charge in [0.25, 0.3) is 0 Å². The van der Waals surface area contributed by atoms with E-state index in [-0.39, 0.29) is 5.91 Å². The number of aromatic nitrogens is 2. The lowest BCUT2D eigenvalue weighted by molar-refractivity contribution is -0.130. The molecule has 116 valence electrons. The molecule has 3 rings (SSSR count). The first-order chi connectivity index (χ1) is 10.2. The molecular weight excluding hydrogens is 268 g/mol. The van der Waals surface area contributed by atoms with Crippen LogP contribution in [0.3, 0.4) is 0 Å². The van der Waals surface area contributed by atoms with E-state index in [1.54, 1.807) is 12.5 Å². The molecule has 2 fully saturated rings. The summed E-state index contributed by atoms with van der Waals surface area (Å²) in [5.74, 6) is 0.798. The van der Waals surface area contributed by atoms with E-state index in [0.717, 1.165) is 39.4 Å². The van der Waals surface area contributed by atoms with Gasteiger partial charge in [-0.15, -0.1) is 0 Å². The van der Waals surface area contributed by atoms with E-state index in [0.29, 0.717) is 24.9 Å². The topological polar surface area (TPSA) is 50.6 Å². The number of carbonyl (C=O) groups is 1. The Morgan fingerprint density at radius 1 is 1.33 bits per heavy atom. The summed E-state index contributed by atoms with van der Waals surface area (Å²) >= 11 is 0. The Bertz CT molecular complexity index is 456. The molecule has 0 aromatic carbocycles. The summed E-state index contributed by atoms with van der Waals surface area (Å²) in [7, 11) is 0. The van der Waals surface area contributed by atoms with Crippen molar-refractivity contribution in [2.45, 2.75) is 25.9 Å². The second-order valence-corrected chi connectivity index (χ2v) is 6.04. The van der Waals surface area contributed by atoms with Crippen LogP contribution in [0.15, 0.2) is 18.7 Å². The molecule has 0 radical (unpaired) electrons. The average Bonchev–Trinajstić information content (AvgIpc) is 3.15. The lowest BCUT2D eigenvalue weighted by Gasteiger charge is -2.34. The summed E-state index contributed by atoms with van der Waals surface area (Å²) in [4.78, 5) is 20.9. The minimum absolute atomic E-state index is 0.256. The minimum Gasteiger partial charge on any atom is -0.379 e. The minimum atomic E-state index is 0.256. The second kappa shape index (κ2) is 6.58. The smallest absolute Gasteiger partial charge is 0.224 e. The van der Waals surface area contributed by atoms with Crippen LogP contribution >= 0.6 is 0 Å². The van der Waals surface area contributed by atoms with Crippen LogP contribution in [0, 0.1) is 5.92 Å². The van der Waals surface area contributed by atoms with Gasteiger partial charge < -0.3 is 14.2 Å². The number of hydrogen-bond donors (Lipinski definition) is 0. The molecule has 2 aliphatic rings. The number of hydrogen-bond acceptors (Lipinski definition) is 4. The molecular formula is C15H24N4O2. The highest BCUT2D eigenvalue weighted by Crippen LogP contribution is 2.23. The molecule has 0 N–H and O–H groups in total.